The van der Waals surface area contributed by atoms with Crippen molar-refractivity contribution in [1.29, 1.82) is 0 Å². The molecule has 0 aromatic rings. The predicted octanol–water partition coefficient (Wildman–Crippen LogP) is 2.28. The summed E-state index contributed by atoms with van der Waals surface area (Å²) in [5.41, 5.74) is 0.686. The molecule has 112 valence electrons. The molecule has 1 aliphatic carbocycles. The number of amides is 2. The van der Waals surface area contributed by atoms with Crippen LogP contribution in [0.4, 0.5) is 0 Å². The second kappa shape index (κ2) is 5.76. The van der Waals surface area contributed by atoms with Crippen molar-refractivity contribution < 1.29 is 9.59 Å². The maximum Gasteiger partial charge on any atom is 0.246 e. The standard InChI is InChI=1S/C15H23ClN2O2/c1-10(2)9-12-13(19)18(8-4-7-16)15(3,11-5-6-11)14(20)17-12/h4,7,10-12H,5-6,8-9H2,1-3H3,(H,17,20)/b7-4+. The maximum absolute atomic E-state index is 12.7. The van der Waals surface area contributed by atoms with Gasteiger partial charge in [-0.25, -0.2) is 0 Å². The van der Waals surface area contributed by atoms with Crippen LogP contribution in [0.15, 0.2) is 11.6 Å². The zero-order chi connectivity index (χ0) is 14.9. The molecule has 0 radical (unpaired) electrons. The van der Waals surface area contributed by atoms with E-state index in [1.165, 1.54) is 5.54 Å². The summed E-state index contributed by atoms with van der Waals surface area (Å²) in [7, 11) is 0. The Balaban J connectivity index is 2.26. The quantitative estimate of drug-likeness (QED) is 0.846. The Morgan fingerprint density at radius 2 is 2.10 bits per heavy atom. The van der Waals surface area contributed by atoms with Crippen molar-refractivity contribution >= 4 is 23.4 Å². The van der Waals surface area contributed by atoms with E-state index in [2.05, 4.69) is 19.2 Å². The summed E-state index contributed by atoms with van der Waals surface area (Å²) in [5.74, 6) is 0.630. The Morgan fingerprint density at radius 3 is 2.60 bits per heavy atom. The monoisotopic (exact) mass is 298 g/mol. The number of nitrogens with one attached hydrogen (secondary N) is 1. The summed E-state index contributed by atoms with van der Waals surface area (Å²) in [5, 5.41) is 2.93. The third-order valence-corrected chi connectivity index (χ3v) is 4.52. The van der Waals surface area contributed by atoms with Crippen LogP contribution >= 0.6 is 11.6 Å². The molecular weight excluding hydrogens is 276 g/mol. The Kier molecular flexibility index (Phi) is 4.43. The summed E-state index contributed by atoms with van der Waals surface area (Å²) in [4.78, 5) is 27.0. The van der Waals surface area contributed by atoms with Crippen LogP contribution < -0.4 is 5.32 Å². The van der Waals surface area contributed by atoms with Gasteiger partial charge in [0.15, 0.2) is 0 Å². The topological polar surface area (TPSA) is 49.4 Å². The minimum absolute atomic E-state index is 0.0162. The molecule has 1 aliphatic heterocycles. The van der Waals surface area contributed by atoms with Crippen molar-refractivity contribution in [3.63, 3.8) is 0 Å². The molecule has 2 fully saturated rings. The van der Waals surface area contributed by atoms with Crippen LogP contribution in [0, 0.1) is 11.8 Å². The zero-order valence-corrected chi connectivity index (χ0v) is 13.1. The molecule has 0 bridgehead atoms. The number of halogens is 1. The number of hydrogen-bond acceptors (Lipinski definition) is 2. The smallest absolute Gasteiger partial charge is 0.246 e. The third kappa shape index (κ3) is 2.71. The third-order valence-electron chi connectivity index (χ3n) is 4.35. The molecule has 2 rings (SSSR count). The molecule has 20 heavy (non-hydrogen) atoms. The molecule has 2 aliphatic rings. The van der Waals surface area contributed by atoms with E-state index in [0.29, 0.717) is 18.9 Å². The molecule has 2 unspecified atom stereocenters. The maximum atomic E-state index is 12.7. The van der Waals surface area contributed by atoms with Gasteiger partial charge in [0.1, 0.15) is 11.6 Å². The van der Waals surface area contributed by atoms with Gasteiger partial charge in [0.2, 0.25) is 11.8 Å². The molecular formula is C15H23ClN2O2. The lowest BCUT2D eigenvalue weighted by molar-refractivity contribution is -0.157. The highest BCUT2D eigenvalue weighted by Gasteiger charge is 2.56. The van der Waals surface area contributed by atoms with Crippen LogP contribution in [-0.2, 0) is 9.59 Å². The summed E-state index contributed by atoms with van der Waals surface area (Å²) in [6.07, 6.45) is 4.41. The highest BCUT2D eigenvalue weighted by molar-refractivity contribution is 6.25. The van der Waals surface area contributed by atoms with Gasteiger partial charge in [-0.2, -0.15) is 0 Å². The average Bonchev–Trinajstić information content (AvgIpc) is 3.20. The fourth-order valence-corrected chi connectivity index (χ4v) is 3.09. The summed E-state index contributed by atoms with van der Waals surface area (Å²) >= 11 is 5.59. The van der Waals surface area contributed by atoms with E-state index in [9.17, 15) is 9.59 Å². The minimum Gasteiger partial charge on any atom is -0.342 e. The Labute approximate surface area is 125 Å². The first-order valence-corrected chi connectivity index (χ1v) is 7.72. The zero-order valence-electron chi connectivity index (χ0n) is 12.4. The van der Waals surface area contributed by atoms with Gasteiger partial charge in [0, 0.05) is 12.1 Å². The minimum atomic E-state index is -0.721. The van der Waals surface area contributed by atoms with Crippen molar-refractivity contribution in [3.8, 4) is 0 Å². The lowest BCUT2D eigenvalue weighted by Gasteiger charge is -2.46. The van der Waals surface area contributed by atoms with Gasteiger partial charge in [-0.3, -0.25) is 9.59 Å². The highest BCUT2D eigenvalue weighted by atomic mass is 35.5. The second-order valence-electron chi connectivity index (χ2n) is 6.39. The van der Waals surface area contributed by atoms with Gasteiger partial charge in [-0.15, -0.1) is 0 Å². The van der Waals surface area contributed by atoms with Crippen molar-refractivity contribution in [3.05, 3.63) is 11.6 Å². The summed E-state index contributed by atoms with van der Waals surface area (Å²) in [6, 6.07) is -0.405. The van der Waals surface area contributed by atoms with E-state index in [1.54, 1.807) is 11.0 Å². The Morgan fingerprint density at radius 1 is 1.45 bits per heavy atom. The number of carbonyl (C=O) groups is 2. The van der Waals surface area contributed by atoms with E-state index >= 15 is 0 Å². The van der Waals surface area contributed by atoms with Gasteiger partial charge in [0.05, 0.1) is 0 Å². The first-order chi connectivity index (χ1) is 9.41. The van der Waals surface area contributed by atoms with Gasteiger partial charge >= 0.3 is 0 Å². The Bertz CT molecular complexity index is 432. The first-order valence-electron chi connectivity index (χ1n) is 7.29. The summed E-state index contributed by atoms with van der Waals surface area (Å²) < 4.78 is 0. The van der Waals surface area contributed by atoms with E-state index in [4.69, 9.17) is 11.6 Å². The van der Waals surface area contributed by atoms with Crippen LogP contribution in [0.1, 0.15) is 40.0 Å². The number of carbonyl (C=O) groups excluding carboxylic acids is 2. The van der Waals surface area contributed by atoms with Gasteiger partial charge in [-0.1, -0.05) is 31.5 Å². The largest absolute Gasteiger partial charge is 0.342 e. The fourth-order valence-electron chi connectivity index (χ4n) is 3.01. The molecule has 1 saturated heterocycles. The molecule has 5 heteroatoms. The lowest BCUT2D eigenvalue weighted by atomic mass is 9.86. The fraction of sp³-hybridized carbons (Fsp3) is 0.733. The van der Waals surface area contributed by atoms with Crippen LogP contribution in [0.25, 0.3) is 0 Å². The number of hydrogen-bond donors (Lipinski definition) is 1. The second-order valence-corrected chi connectivity index (χ2v) is 6.64. The van der Waals surface area contributed by atoms with E-state index in [-0.39, 0.29) is 17.7 Å². The molecule has 0 spiro atoms. The molecule has 1 N–H and O–H groups in total. The van der Waals surface area contributed by atoms with Crippen molar-refractivity contribution in [2.75, 3.05) is 6.54 Å². The van der Waals surface area contributed by atoms with Gasteiger partial charge in [0.25, 0.3) is 0 Å². The highest BCUT2D eigenvalue weighted by Crippen LogP contribution is 2.45. The van der Waals surface area contributed by atoms with E-state index in [1.807, 2.05) is 6.92 Å². The number of rotatable bonds is 5. The van der Waals surface area contributed by atoms with Crippen LogP contribution in [0.5, 0.6) is 0 Å². The SMILES string of the molecule is CC(C)CC1NC(=O)C(C)(C2CC2)N(C/C=C/Cl)C1=O. The van der Waals surface area contributed by atoms with Crippen LogP contribution in [-0.4, -0.2) is 34.8 Å². The van der Waals surface area contributed by atoms with Gasteiger partial charge in [-0.05, 0) is 38.0 Å². The average molecular weight is 299 g/mol. The summed E-state index contributed by atoms with van der Waals surface area (Å²) in [6.45, 7) is 6.39. The number of piperazine rings is 1. The molecule has 2 atom stereocenters. The molecule has 0 aromatic carbocycles. The molecule has 2 amide bonds. The molecule has 1 saturated carbocycles. The lowest BCUT2D eigenvalue weighted by Crippen LogP contribution is -2.70. The van der Waals surface area contributed by atoms with Crippen molar-refractivity contribution in [1.82, 2.24) is 10.2 Å². The first kappa shape index (κ1) is 15.4. The Hall–Kier alpha value is -1.03. The molecule has 0 aromatic heterocycles. The van der Waals surface area contributed by atoms with E-state index < -0.39 is 11.6 Å². The van der Waals surface area contributed by atoms with Gasteiger partial charge < -0.3 is 10.2 Å². The van der Waals surface area contributed by atoms with Crippen LogP contribution in [0.3, 0.4) is 0 Å². The van der Waals surface area contributed by atoms with Crippen LogP contribution in [0.2, 0.25) is 0 Å². The van der Waals surface area contributed by atoms with E-state index in [0.717, 1.165) is 12.8 Å². The number of nitrogens with zero attached hydrogens (tertiary/aromatic N) is 1. The molecule has 4 nitrogen and oxygen atoms in total. The normalized spacial score (nSPS) is 31.2. The van der Waals surface area contributed by atoms with Crippen molar-refractivity contribution in [2.24, 2.45) is 11.8 Å². The molecule has 1 heterocycles. The van der Waals surface area contributed by atoms with Crippen molar-refractivity contribution in [2.45, 2.75) is 51.6 Å². The predicted molar refractivity (Wildman–Crippen MR) is 79.2 cm³/mol.